The highest BCUT2D eigenvalue weighted by Gasteiger charge is 2.51. The van der Waals surface area contributed by atoms with Gasteiger partial charge in [0.1, 0.15) is 8.24 Å². The lowest BCUT2D eigenvalue weighted by Gasteiger charge is -2.46. The van der Waals surface area contributed by atoms with Gasteiger partial charge in [0.25, 0.3) is 0 Å². The van der Waals surface area contributed by atoms with Gasteiger partial charge in [-0.25, -0.2) is 0 Å². The molecule has 1 saturated heterocycles. The quantitative estimate of drug-likeness (QED) is 0.712. The molecule has 2 nitrogen and oxygen atoms in total. The Bertz CT molecular complexity index is 274. The molecule has 0 aromatic heterocycles. The van der Waals surface area contributed by atoms with E-state index < -0.39 is 8.24 Å². The van der Waals surface area contributed by atoms with Crippen LogP contribution in [0.4, 0.5) is 0 Å². The molecule has 1 heterocycles. The maximum absolute atomic E-state index is 5.53. The molecule has 0 bridgehead atoms. The van der Waals surface area contributed by atoms with Crippen LogP contribution in [-0.2, 0) is 4.74 Å². The lowest BCUT2D eigenvalue weighted by molar-refractivity contribution is 0.0673. The summed E-state index contributed by atoms with van der Waals surface area (Å²) in [6, 6.07) is 0. The van der Waals surface area contributed by atoms with E-state index >= 15 is 0 Å². The number of nitrogens with zero attached hydrogens (tertiary/aromatic N) is 1. The average molecular weight is 270 g/mol. The van der Waals surface area contributed by atoms with E-state index in [1.165, 1.54) is 0 Å². The molecule has 2 aliphatic rings. The maximum atomic E-state index is 5.53. The van der Waals surface area contributed by atoms with Crippen molar-refractivity contribution >= 4 is 8.24 Å². The zero-order valence-corrected chi connectivity index (χ0v) is 14.1. The molecular formula is C15H31NOSi. The molecule has 1 saturated carbocycles. The van der Waals surface area contributed by atoms with Gasteiger partial charge >= 0.3 is 0 Å². The predicted molar refractivity (Wildman–Crippen MR) is 80.3 cm³/mol. The van der Waals surface area contributed by atoms with Crippen LogP contribution in [0, 0.1) is 23.7 Å². The topological polar surface area (TPSA) is 12.5 Å². The van der Waals surface area contributed by atoms with Crippen LogP contribution in [0.25, 0.3) is 0 Å². The summed E-state index contributed by atoms with van der Waals surface area (Å²) >= 11 is 0. The van der Waals surface area contributed by atoms with Crippen LogP contribution in [0.1, 0.15) is 27.7 Å². The van der Waals surface area contributed by atoms with Crippen molar-refractivity contribution in [2.45, 2.75) is 46.3 Å². The molecule has 0 spiro atoms. The summed E-state index contributed by atoms with van der Waals surface area (Å²) in [5.41, 5.74) is 0.945. The number of hydrogen-bond donors (Lipinski definition) is 0. The van der Waals surface area contributed by atoms with Gasteiger partial charge in [0, 0.05) is 13.1 Å². The van der Waals surface area contributed by atoms with Crippen molar-refractivity contribution in [3.8, 4) is 0 Å². The SMILES string of the molecule is CC1C(C)C([Si](C)(C)N2CCOCC2)[C@H](C)C1C. The zero-order valence-electron chi connectivity index (χ0n) is 13.1. The van der Waals surface area contributed by atoms with E-state index in [-0.39, 0.29) is 0 Å². The van der Waals surface area contributed by atoms with Crippen molar-refractivity contribution < 1.29 is 4.74 Å². The monoisotopic (exact) mass is 269 g/mol. The van der Waals surface area contributed by atoms with Crippen LogP contribution < -0.4 is 0 Å². The fraction of sp³-hybridized carbons (Fsp3) is 1.00. The van der Waals surface area contributed by atoms with Crippen LogP contribution in [-0.4, -0.2) is 39.1 Å². The Kier molecular flexibility index (Phi) is 4.25. The lowest BCUT2D eigenvalue weighted by atomic mass is 9.92. The van der Waals surface area contributed by atoms with Crippen LogP contribution >= 0.6 is 0 Å². The zero-order chi connectivity index (χ0) is 13.5. The molecule has 0 radical (unpaired) electrons. The molecule has 0 N–H and O–H groups in total. The third kappa shape index (κ3) is 2.30. The minimum atomic E-state index is -1.33. The molecule has 2 rings (SSSR count). The second-order valence-electron chi connectivity index (χ2n) is 7.22. The first kappa shape index (κ1) is 14.5. The van der Waals surface area contributed by atoms with E-state index in [0.29, 0.717) is 0 Å². The van der Waals surface area contributed by atoms with Gasteiger partial charge in [0.2, 0.25) is 0 Å². The third-order valence-corrected chi connectivity index (χ3v) is 11.0. The summed E-state index contributed by atoms with van der Waals surface area (Å²) in [4.78, 5) is 0. The Morgan fingerprint density at radius 1 is 0.833 bits per heavy atom. The van der Waals surface area contributed by atoms with Crippen molar-refractivity contribution in [1.82, 2.24) is 4.57 Å². The maximum Gasteiger partial charge on any atom is 0.126 e. The first-order valence-electron chi connectivity index (χ1n) is 7.70. The van der Waals surface area contributed by atoms with Gasteiger partial charge in [-0.15, -0.1) is 0 Å². The largest absolute Gasteiger partial charge is 0.379 e. The highest BCUT2D eigenvalue weighted by Crippen LogP contribution is 2.54. The molecule has 5 atom stereocenters. The van der Waals surface area contributed by atoms with E-state index in [2.05, 4.69) is 45.4 Å². The lowest BCUT2D eigenvalue weighted by Crippen LogP contribution is -2.57. The number of rotatable bonds is 2. The van der Waals surface area contributed by atoms with Crippen molar-refractivity contribution in [2.75, 3.05) is 26.3 Å². The summed E-state index contributed by atoms with van der Waals surface area (Å²) < 4.78 is 8.34. The fourth-order valence-electron chi connectivity index (χ4n) is 4.73. The summed E-state index contributed by atoms with van der Waals surface area (Å²) in [6.45, 7) is 19.4. The summed E-state index contributed by atoms with van der Waals surface area (Å²) in [7, 11) is -1.33. The Labute approximate surface area is 114 Å². The number of ether oxygens (including phenoxy) is 1. The minimum Gasteiger partial charge on any atom is -0.379 e. The van der Waals surface area contributed by atoms with Crippen molar-refractivity contribution in [3.05, 3.63) is 0 Å². The summed E-state index contributed by atoms with van der Waals surface area (Å²) in [5.74, 6) is 3.55. The first-order valence-corrected chi connectivity index (χ1v) is 10.7. The molecule has 1 aliphatic heterocycles. The molecule has 2 fully saturated rings. The summed E-state index contributed by atoms with van der Waals surface area (Å²) in [5, 5.41) is 0. The van der Waals surface area contributed by atoms with Crippen LogP contribution in [0.5, 0.6) is 0 Å². The normalized spacial score (nSPS) is 43.3. The number of morpholine rings is 1. The molecular weight excluding hydrogens is 238 g/mol. The van der Waals surface area contributed by atoms with Crippen molar-refractivity contribution in [1.29, 1.82) is 0 Å². The van der Waals surface area contributed by atoms with Gasteiger partial charge in [-0.05, 0) is 29.2 Å². The van der Waals surface area contributed by atoms with Gasteiger partial charge in [0.05, 0.1) is 13.2 Å². The van der Waals surface area contributed by atoms with Gasteiger partial charge in [-0.2, -0.15) is 0 Å². The Balaban J connectivity index is 2.17. The predicted octanol–water partition coefficient (Wildman–Crippen LogP) is 3.45. The Hall–Kier alpha value is 0.137. The van der Waals surface area contributed by atoms with Gasteiger partial charge in [0.15, 0.2) is 0 Å². The Morgan fingerprint density at radius 3 is 1.72 bits per heavy atom. The average Bonchev–Trinajstić information content (AvgIpc) is 2.55. The van der Waals surface area contributed by atoms with Gasteiger partial charge in [-0.3, -0.25) is 0 Å². The molecule has 0 aromatic carbocycles. The van der Waals surface area contributed by atoms with Crippen LogP contribution in [0.15, 0.2) is 0 Å². The van der Waals surface area contributed by atoms with Crippen molar-refractivity contribution in [2.24, 2.45) is 23.7 Å². The highest BCUT2D eigenvalue weighted by atomic mass is 28.3. The fourth-order valence-corrected chi connectivity index (χ4v) is 9.67. The Morgan fingerprint density at radius 2 is 1.28 bits per heavy atom. The second-order valence-corrected chi connectivity index (χ2v) is 11.8. The van der Waals surface area contributed by atoms with E-state index in [4.69, 9.17) is 4.74 Å². The van der Waals surface area contributed by atoms with E-state index in [1.807, 2.05) is 0 Å². The minimum absolute atomic E-state index is 0.887. The molecule has 3 heteroatoms. The second kappa shape index (κ2) is 5.26. The van der Waals surface area contributed by atoms with E-state index in [0.717, 1.165) is 55.5 Å². The summed E-state index contributed by atoms with van der Waals surface area (Å²) in [6.07, 6.45) is 0. The molecule has 106 valence electrons. The number of hydrogen-bond acceptors (Lipinski definition) is 2. The molecule has 0 amide bonds. The molecule has 1 aliphatic carbocycles. The highest BCUT2D eigenvalue weighted by molar-refractivity contribution is 6.76. The van der Waals surface area contributed by atoms with E-state index in [1.54, 1.807) is 0 Å². The molecule has 18 heavy (non-hydrogen) atoms. The smallest absolute Gasteiger partial charge is 0.126 e. The molecule has 4 unspecified atom stereocenters. The van der Waals surface area contributed by atoms with Crippen LogP contribution in [0.2, 0.25) is 18.6 Å². The van der Waals surface area contributed by atoms with Crippen molar-refractivity contribution in [3.63, 3.8) is 0 Å². The van der Waals surface area contributed by atoms with Crippen LogP contribution in [0.3, 0.4) is 0 Å². The third-order valence-electron chi connectivity index (χ3n) is 6.26. The first-order chi connectivity index (χ1) is 8.37. The van der Waals surface area contributed by atoms with E-state index in [9.17, 15) is 0 Å². The van der Waals surface area contributed by atoms with Gasteiger partial charge in [-0.1, -0.05) is 40.8 Å². The van der Waals surface area contributed by atoms with Gasteiger partial charge < -0.3 is 9.30 Å². The standard InChI is InChI=1S/C15H31NOSi/c1-11-12(2)14(4)15(13(11)3)18(5,6)16-7-9-17-10-8-16/h11-15H,7-10H2,1-6H3/t11?,12?,13-,14?,15?/m1/s1. The molecule has 0 aromatic rings.